The van der Waals surface area contributed by atoms with Crippen molar-refractivity contribution >= 4 is 32.2 Å². The van der Waals surface area contributed by atoms with E-state index in [0.29, 0.717) is 18.0 Å². The number of halogens is 1. The molecule has 5 rings (SSSR count). The number of nitrogens with zero attached hydrogens (tertiary/aromatic N) is 2. The molecule has 0 amide bonds. The monoisotopic (exact) mass is 528 g/mol. The Morgan fingerprint density at radius 2 is 2.06 bits per heavy atom. The second-order valence-electron chi connectivity index (χ2n) is 10.1. The van der Waals surface area contributed by atoms with Gasteiger partial charge in [0, 0.05) is 35.9 Å². The Hall–Kier alpha value is -2.49. The predicted molar refractivity (Wildman–Crippen MR) is 144 cm³/mol. The fraction of sp³-hybridized carbons (Fsp3) is 0.444. The molecule has 0 radical (unpaired) electrons. The lowest BCUT2D eigenvalue weighted by atomic mass is 9.87. The Labute approximate surface area is 217 Å². The van der Waals surface area contributed by atoms with Crippen LogP contribution in [0.1, 0.15) is 42.9 Å². The average Bonchev–Trinajstić information content (AvgIpc) is 3.55. The van der Waals surface area contributed by atoms with E-state index in [1.54, 1.807) is 5.38 Å². The summed E-state index contributed by atoms with van der Waals surface area (Å²) in [5.74, 6) is -0.162. The summed E-state index contributed by atoms with van der Waals surface area (Å²) in [7, 11) is -4.06. The number of benzene rings is 2. The molecule has 2 atom stereocenters. The summed E-state index contributed by atoms with van der Waals surface area (Å²) in [4.78, 5) is 6.21. The van der Waals surface area contributed by atoms with Gasteiger partial charge in [-0.1, -0.05) is 36.8 Å². The average molecular weight is 529 g/mol. The molecule has 3 aromatic rings. The summed E-state index contributed by atoms with van der Waals surface area (Å²) in [5.41, 5.74) is 4.18. The predicted octanol–water partition coefficient (Wildman–Crippen LogP) is 5.46. The SMILES string of the molecule is CCc1cc(S(=O)(=O)Nc2nccs2)c(F)cc1NCC12CCCN1CC(Cc1ccc(C)cc1)C2. The largest absolute Gasteiger partial charge is 0.383 e. The van der Waals surface area contributed by atoms with Crippen molar-refractivity contribution < 1.29 is 12.8 Å². The molecular formula is C27H33FN4O2S2. The first-order valence-electron chi connectivity index (χ1n) is 12.6. The van der Waals surface area contributed by atoms with E-state index in [-0.39, 0.29) is 15.6 Å². The molecule has 2 N–H and O–H groups in total. The van der Waals surface area contributed by atoms with E-state index >= 15 is 4.39 Å². The molecule has 0 aliphatic carbocycles. The third-order valence-corrected chi connectivity index (χ3v) is 9.79. The molecule has 9 heteroatoms. The minimum atomic E-state index is -4.06. The molecule has 1 aromatic heterocycles. The first kappa shape index (κ1) is 25.2. The molecule has 3 heterocycles. The van der Waals surface area contributed by atoms with Gasteiger partial charge in [0.25, 0.3) is 10.0 Å². The maximum absolute atomic E-state index is 15.1. The number of thiazole rings is 1. The van der Waals surface area contributed by atoms with E-state index in [9.17, 15) is 8.42 Å². The molecule has 2 saturated heterocycles. The van der Waals surface area contributed by atoms with E-state index in [4.69, 9.17) is 0 Å². The van der Waals surface area contributed by atoms with Crippen molar-refractivity contribution in [1.29, 1.82) is 0 Å². The molecular weight excluding hydrogens is 495 g/mol. The van der Waals surface area contributed by atoms with Gasteiger partial charge in [0.1, 0.15) is 10.7 Å². The Morgan fingerprint density at radius 1 is 1.25 bits per heavy atom. The summed E-state index contributed by atoms with van der Waals surface area (Å²) in [6, 6.07) is 11.6. The van der Waals surface area contributed by atoms with Crippen molar-refractivity contribution in [2.24, 2.45) is 5.92 Å². The van der Waals surface area contributed by atoms with Crippen LogP contribution in [-0.4, -0.2) is 43.5 Å². The van der Waals surface area contributed by atoms with Crippen LogP contribution in [0.4, 0.5) is 15.2 Å². The van der Waals surface area contributed by atoms with Crippen LogP contribution in [0.5, 0.6) is 0 Å². The van der Waals surface area contributed by atoms with Crippen molar-refractivity contribution in [3.63, 3.8) is 0 Å². The molecule has 0 spiro atoms. The fourth-order valence-corrected chi connectivity index (χ4v) is 7.75. The number of anilines is 2. The molecule has 2 aliphatic rings. The highest BCUT2D eigenvalue weighted by Gasteiger charge is 2.48. The van der Waals surface area contributed by atoms with E-state index in [2.05, 4.69) is 51.1 Å². The molecule has 192 valence electrons. The molecule has 2 unspecified atom stereocenters. The van der Waals surface area contributed by atoms with Crippen molar-refractivity contribution in [3.05, 3.63) is 70.5 Å². The lowest BCUT2D eigenvalue weighted by Gasteiger charge is -2.33. The van der Waals surface area contributed by atoms with Crippen LogP contribution in [0.3, 0.4) is 0 Å². The van der Waals surface area contributed by atoms with Gasteiger partial charge in [0.15, 0.2) is 5.13 Å². The third kappa shape index (κ3) is 5.14. The van der Waals surface area contributed by atoms with Gasteiger partial charge in [-0.25, -0.2) is 17.8 Å². The molecule has 2 fully saturated rings. The maximum Gasteiger partial charge on any atom is 0.266 e. The standard InChI is InChI=1S/C27H33FN4O2S2/c1-3-22-14-25(36(33,34)31-26-29-10-12-35-26)23(28)15-24(22)30-18-27-9-4-11-32(27)17-21(16-27)13-20-7-5-19(2)6-8-20/h5-8,10,12,14-15,21,30H,3-4,9,11,13,16-18H2,1-2H3,(H,29,31). The molecule has 6 nitrogen and oxygen atoms in total. The van der Waals surface area contributed by atoms with Crippen molar-refractivity contribution in [2.75, 3.05) is 29.7 Å². The zero-order valence-corrected chi connectivity index (χ0v) is 22.4. The molecule has 36 heavy (non-hydrogen) atoms. The minimum Gasteiger partial charge on any atom is -0.383 e. The highest BCUT2D eigenvalue weighted by molar-refractivity contribution is 7.93. The van der Waals surface area contributed by atoms with Gasteiger partial charge in [-0.05, 0) is 74.8 Å². The minimum absolute atomic E-state index is 0.0635. The number of aromatic nitrogens is 1. The van der Waals surface area contributed by atoms with Crippen LogP contribution >= 0.6 is 11.3 Å². The summed E-state index contributed by atoms with van der Waals surface area (Å²) in [5, 5.41) is 5.40. The van der Waals surface area contributed by atoms with Crippen LogP contribution < -0.4 is 10.0 Å². The molecule has 2 aliphatic heterocycles. The molecule has 0 saturated carbocycles. The van der Waals surface area contributed by atoms with Gasteiger partial charge in [-0.2, -0.15) is 0 Å². The Morgan fingerprint density at radius 3 is 2.78 bits per heavy atom. The normalized spacial score (nSPS) is 22.0. The second kappa shape index (κ2) is 10.1. The zero-order chi connectivity index (χ0) is 25.3. The number of nitrogens with one attached hydrogen (secondary N) is 2. The van der Waals surface area contributed by atoms with Gasteiger partial charge in [0.2, 0.25) is 0 Å². The second-order valence-corrected chi connectivity index (χ2v) is 12.7. The summed E-state index contributed by atoms with van der Waals surface area (Å²) in [6.07, 6.45) is 6.58. The Kier molecular flexibility index (Phi) is 7.07. The van der Waals surface area contributed by atoms with Crippen LogP contribution in [0.2, 0.25) is 0 Å². The number of aryl methyl sites for hydroxylation is 2. The van der Waals surface area contributed by atoms with E-state index in [1.165, 1.54) is 35.9 Å². The highest BCUT2D eigenvalue weighted by atomic mass is 32.2. The van der Waals surface area contributed by atoms with E-state index in [0.717, 1.165) is 55.8 Å². The number of sulfonamides is 1. The Bertz CT molecular complexity index is 1310. The fourth-order valence-electron chi connectivity index (χ4n) is 5.85. The summed E-state index contributed by atoms with van der Waals surface area (Å²) in [6.45, 7) is 6.98. The third-order valence-electron chi connectivity index (χ3n) is 7.62. The van der Waals surface area contributed by atoms with Gasteiger partial charge >= 0.3 is 0 Å². The van der Waals surface area contributed by atoms with Gasteiger partial charge < -0.3 is 5.32 Å². The topological polar surface area (TPSA) is 74.3 Å². The summed E-state index contributed by atoms with van der Waals surface area (Å²) >= 11 is 1.15. The number of fused-ring (bicyclic) bond motifs is 1. The van der Waals surface area contributed by atoms with Gasteiger partial charge in [0.05, 0.1) is 0 Å². The molecule has 2 aromatic carbocycles. The van der Waals surface area contributed by atoms with Gasteiger partial charge in [-0.3, -0.25) is 9.62 Å². The summed E-state index contributed by atoms with van der Waals surface area (Å²) < 4.78 is 43.1. The lowest BCUT2D eigenvalue weighted by Crippen LogP contribution is -2.44. The number of hydrogen-bond acceptors (Lipinski definition) is 6. The smallest absolute Gasteiger partial charge is 0.266 e. The maximum atomic E-state index is 15.1. The lowest BCUT2D eigenvalue weighted by molar-refractivity contribution is 0.209. The van der Waals surface area contributed by atoms with Crippen LogP contribution in [0, 0.1) is 18.7 Å². The van der Waals surface area contributed by atoms with E-state index in [1.807, 2.05) is 6.92 Å². The zero-order valence-electron chi connectivity index (χ0n) is 20.8. The van der Waals surface area contributed by atoms with Crippen molar-refractivity contribution in [3.8, 4) is 0 Å². The number of rotatable bonds is 9. The van der Waals surface area contributed by atoms with E-state index < -0.39 is 15.8 Å². The van der Waals surface area contributed by atoms with Crippen molar-refractivity contribution in [2.45, 2.75) is 56.4 Å². The van der Waals surface area contributed by atoms with Crippen LogP contribution in [-0.2, 0) is 22.9 Å². The highest BCUT2D eigenvalue weighted by Crippen LogP contribution is 2.43. The van der Waals surface area contributed by atoms with Crippen LogP contribution in [0.15, 0.2) is 52.9 Å². The quantitative estimate of drug-likeness (QED) is 0.386. The van der Waals surface area contributed by atoms with Gasteiger partial charge in [-0.15, -0.1) is 11.3 Å². The number of hydrogen-bond donors (Lipinski definition) is 2. The first-order chi connectivity index (χ1) is 17.3. The molecule has 0 bridgehead atoms. The van der Waals surface area contributed by atoms with Crippen molar-refractivity contribution in [1.82, 2.24) is 9.88 Å². The first-order valence-corrected chi connectivity index (χ1v) is 14.9. The van der Waals surface area contributed by atoms with Crippen LogP contribution in [0.25, 0.3) is 0 Å². The Balaban J connectivity index is 1.31.